The molecule has 0 heterocycles. The first-order valence-corrected chi connectivity index (χ1v) is 5.72. The number of benzene rings is 1. The van der Waals surface area contributed by atoms with Gasteiger partial charge in [0.25, 0.3) is 5.91 Å². The maximum Gasteiger partial charge on any atom is 0.426 e. The number of rotatable bonds is 1. The maximum atomic E-state index is 13.1. The molecule has 0 fully saturated rings. The van der Waals surface area contributed by atoms with Crippen molar-refractivity contribution in [3.63, 3.8) is 0 Å². The maximum absolute atomic E-state index is 13.1. The summed E-state index contributed by atoms with van der Waals surface area (Å²) in [4.78, 5) is 23.0. The zero-order chi connectivity index (χ0) is 15.3. The van der Waals surface area contributed by atoms with Crippen LogP contribution in [0.2, 0.25) is 0 Å². The topological polar surface area (TPSA) is 91.2 Å². The van der Waals surface area contributed by atoms with Gasteiger partial charge in [0.1, 0.15) is 17.5 Å². The highest BCUT2D eigenvalue weighted by molar-refractivity contribution is 5.95. The lowest BCUT2D eigenvalue weighted by Gasteiger charge is -2.19. The van der Waals surface area contributed by atoms with E-state index in [1.807, 2.05) is 0 Å². The lowest BCUT2D eigenvalue weighted by molar-refractivity contribution is 0.0483. The molecule has 0 bridgehead atoms. The van der Waals surface area contributed by atoms with Gasteiger partial charge in [0.2, 0.25) is 0 Å². The van der Waals surface area contributed by atoms with Crippen molar-refractivity contribution in [1.29, 1.82) is 5.26 Å². The van der Waals surface area contributed by atoms with Gasteiger partial charge in [-0.3, -0.25) is 10.2 Å². The van der Waals surface area contributed by atoms with Gasteiger partial charge in [0.15, 0.2) is 0 Å². The van der Waals surface area contributed by atoms with E-state index >= 15 is 0 Å². The molecule has 0 aliphatic carbocycles. The van der Waals surface area contributed by atoms with Crippen LogP contribution in [0.15, 0.2) is 18.2 Å². The third kappa shape index (κ3) is 4.57. The smallest absolute Gasteiger partial charge is 0.426 e. The van der Waals surface area contributed by atoms with Crippen LogP contribution in [0.1, 0.15) is 36.7 Å². The average Bonchev–Trinajstić information content (AvgIpc) is 2.34. The van der Waals surface area contributed by atoms with E-state index < -0.39 is 23.4 Å². The second-order valence-electron chi connectivity index (χ2n) is 4.89. The Bertz CT molecular complexity index is 573. The Balaban J connectivity index is 2.64. The summed E-state index contributed by atoms with van der Waals surface area (Å²) in [6.07, 6.45) is -0.825. The molecule has 1 rings (SSSR count). The second kappa shape index (κ2) is 6.02. The lowest BCUT2D eigenvalue weighted by atomic mass is 10.1. The number of nitrogens with zero attached hydrogens (tertiary/aromatic N) is 1. The molecule has 2 N–H and O–H groups in total. The molecule has 0 aliphatic heterocycles. The molecule has 7 heteroatoms. The molecule has 1 aromatic rings. The van der Waals surface area contributed by atoms with Crippen molar-refractivity contribution >= 4 is 12.0 Å². The predicted octanol–water partition coefficient (Wildman–Crippen LogP) is 1.87. The van der Waals surface area contributed by atoms with E-state index in [9.17, 15) is 14.0 Å². The summed E-state index contributed by atoms with van der Waals surface area (Å²) in [6, 6.07) is 4.90. The highest BCUT2D eigenvalue weighted by Crippen LogP contribution is 2.09. The molecule has 20 heavy (non-hydrogen) atoms. The van der Waals surface area contributed by atoms with Crippen molar-refractivity contribution in [1.82, 2.24) is 10.9 Å². The van der Waals surface area contributed by atoms with Crippen molar-refractivity contribution in [2.24, 2.45) is 0 Å². The largest absolute Gasteiger partial charge is 0.443 e. The highest BCUT2D eigenvalue weighted by Gasteiger charge is 2.17. The summed E-state index contributed by atoms with van der Waals surface area (Å²) in [5.41, 5.74) is 3.24. The first-order valence-electron chi connectivity index (χ1n) is 5.72. The lowest BCUT2D eigenvalue weighted by Crippen LogP contribution is -2.44. The van der Waals surface area contributed by atoms with Gasteiger partial charge in [-0.05, 0) is 39.0 Å². The Morgan fingerprint density at radius 1 is 1.30 bits per heavy atom. The molecule has 106 valence electrons. The average molecular weight is 279 g/mol. The zero-order valence-corrected chi connectivity index (χ0v) is 11.3. The summed E-state index contributed by atoms with van der Waals surface area (Å²) in [7, 11) is 0. The van der Waals surface area contributed by atoms with E-state index in [1.54, 1.807) is 26.8 Å². The quantitative estimate of drug-likeness (QED) is 0.768. The number of nitriles is 1. The Labute approximate surface area is 115 Å². The van der Waals surface area contributed by atoms with E-state index in [0.29, 0.717) is 0 Å². The number of carbonyl (C=O) groups is 2. The van der Waals surface area contributed by atoms with Crippen LogP contribution in [0.4, 0.5) is 9.18 Å². The highest BCUT2D eigenvalue weighted by atomic mass is 19.1. The first-order chi connectivity index (χ1) is 9.23. The van der Waals surface area contributed by atoms with E-state index in [2.05, 4.69) is 10.9 Å². The normalized spacial score (nSPS) is 10.3. The summed E-state index contributed by atoms with van der Waals surface area (Å²) >= 11 is 0. The van der Waals surface area contributed by atoms with Crippen LogP contribution in [0.3, 0.4) is 0 Å². The van der Waals surface area contributed by atoms with Crippen LogP contribution in [0.5, 0.6) is 0 Å². The zero-order valence-electron chi connectivity index (χ0n) is 11.3. The summed E-state index contributed by atoms with van der Waals surface area (Å²) in [6.45, 7) is 5.02. The van der Waals surface area contributed by atoms with Gasteiger partial charge >= 0.3 is 6.09 Å². The van der Waals surface area contributed by atoms with Gasteiger partial charge in [0, 0.05) is 5.56 Å². The summed E-state index contributed by atoms with van der Waals surface area (Å²) in [5, 5.41) is 8.66. The molecule has 0 radical (unpaired) electrons. The van der Waals surface area contributed by atoms with E-state index in [0.717, 1.165) is 12.1 Å². The molecule has 0 unspecified atom stereocenters. The predicted molar refractivity (Wildman–Crippen MR) is 68.0 cm³/mol. The van der Waals surface area contributed by atoms with E-state index in [4.69, 9.17) is 10.00 Å². The van der Waals surface area contributed by atoms with E-state index in [1.165, 1.54) is 6.07 Å². The number of nitrogens with one attached hydrogen (secondary N) is 2. The van der Waals surface area contributed by atoms with Crippen molar-refractivity contribution in [3.05, 3.63) is 35.1 Å². The molecule has 0 aromatic heterocycles. The molecule has 0 spiro atoms. The second-order valence-corrected chi connectivity index (χ2v) is 4.89. The fraction of sp³-hybridized carbons (Fsp3) is 0.308. The van der Waals surface area contributed by atoms with Crippen LogP contribution < -0.4 is 10.9 Å². The number of amides is 2. The number of hydrogen-bond donors (Lipinski definition) is 2. The van der Waals surface area contributed by atoms with Gasteiger partial charge in [-0.1, -0.05) is 0 Å². The molecule has 6 nitrogen and oxygen atoms in total. The van der Waals surface area contributed by atoms with Gasteiger partial charge in [-0.15, -0.1) is 0 Å². The SMILES string of the molecule is CC(C)(C)OC(=O)NNC(=O)c1ccc(F)c(C#N)c1. The van der Waals surface area contributed by atoms with Crippen LogP contribution in [0.25, 0.3) is 0 Å². The van der Waals surface area contributed by atoms with Gasteiger partial charge < -0.3 is 4.74 Å². The number of carbonyl (C=O) groups excluding carboxylic acids is 2. The van der Waals surface area contributed by atoms with Crippen LogP contribution in [0, 0.1) is 17.1 Å². The number of halogens is 1. The number of hydrogen-bond acceptors (Lipinski definition) is 4. The molecular weight excluding hydrogens is 265 g/mol. The van der Waals surface area contributed by atoms with Crippen molar-refractivity contribution in [3.8, 4) is 6.07 Å². The summed E-state index contributed by atoms with van der Waals surface area (Å²) in [5.74, 6) is -1.41. The molecule has 0 saturated carbocycles. The van der Waals surface area contributed by atoms with Crippen LogP contribution in [-0.2, 0) is 4.74 Å². The Morgan fingerprint density at radius 3 is 2.50 bits per heavy atom. The third-order valence-electron chi connectivity index (χ3n) is 2.03. The number of ether oxygens (including phenoxy) is 1. The molecule has 1 aromatic carbocycles. The van der Waals surface area contributed by atoms with Crippen LogP contribution in [-0.4, -0.2) is 17.6 Å². The van der Waals surface area contributed by atoms with Crippen molar-refractivity contribution < 1.29 is 18.7 Å². The molecule has 2 amide bonds. The first kappa shape index (κ1) is 15.4. The fourth-order valence-electron chi connectivity index (χ4n) is 1.24. The number of hydrazine groups is 1. The molecular formula is C13H14FN3O3. The van der Waals surface area contributed by atoms with Gasteiger partial charge in [-0.25, -0.2) is 14.6 Å². The van der Waals surface area contributed by atoms with Crippen molar-refractivity contribution in [2.75, 3.05) is 0 Å². The standard InChI is InChI=1S/C13H14FN3O3/c1-13(2,3)20-12(19)17-16-11(18)8-4-5-10(14)9(6-8)7-15/h4-6H,1-3H3,(H,16,18)(H,17,19). The molecule has 0 aliphatic rings. The Kier molecular flexibility index (Phi) is 4.64. The third-order valence-corrected chi connectivity index (χ3v) is 2.03. The Hall–Kier alpha value is -2.62. The fourth-order valence-corrected chi connectivity index (χ4v) is 1.24. The van der Waals surface area contributed by atoms with Crippen molar-refractivity contribution in [2.45, 2.75) is 26.4 Å². The Morgan fingerprint density at radius 2 is 1.95 bits per heavy atom. The van der Waals surface area contributed by atoms with Gasteiger partial charge in [0.05, 0.1) is 5.56 Å². The molecule has 0 saturated heterocycles. The minimum absolute atomic E-state index is 0.0407. The summed E-state index contributed by atoms with van der Waals surface area (Å²) < 4.78 is 18.0. The van der Waals surface area contributed by atoms with Gasteiger partial charge in [-0.2, -0.15) is 5.26 Å². The minimum atomic E-state index is -0.825. The van der Waals surface area contributed by atoms with E-state index in [-0.39, 0.29) is 11.1 Å². The van der Waals surface area contributed by atoms with Crippen LogP contribution >= 0.6 is 0 Å². The monoisotopic (exact) mass is 279 g/mol. The molecule has 0 atom stereocenters. The minimum Gasteiger partial charge on any atom is -0.443 e.